The van der Waals surface area contributed by atoms with Gasteiger partial charge in [0.1, 0.15) is 5.75 Å². The second kappa shape index (κ2) is 8.53. The number of hydrogen-bond acceptors (Lipinski definition) is 3. The number of carbonyl (C=O) groups is 1. The average Bonchev–Trinajstić information content (AvgIpc) is 2.37. The Morgan fingerprint density at radius 3 is 2.95 bits per heavy atom. The minimum Gasteiger partial charge on any atom is -0.494 e. The molecule has 0 radical (unpaired) electrons. The first-order valence-corrected chi connectivity index (χ1v) is 6.90. The van der Waals surface area contributed by atoms with Crippen molar-refractivity contribution in [2.45, 2.75) is 45.6 Å². The molecule has 4 nitrogen and oxygen atoms in total. The van der Waals surface area contributed by atoms with E-state index < -0.39 is 0 Å². The quantitative estimate of drug-likeness (QED) is 0.709. The number of rotatable bonds is 8. The molecule has 0 aliphatic heterocycles. The van der Waals surface area contributed by atoms with Crippen LogP contribution in [0, 0.1) is 0 Å². The molecule has 1 aromatic carbocycles. The third-order valence-corrected chi connectivity index (χ3v) is 2.71. The molecule has 1 aromatic rings. The van der Waals surface area contributed by atoms with E-state index in [1.807, 2.05) is 31.2 Å². The number of benzene rings is 1. The second-order valence-corrected chi connectivity index (χ2v) is 4.79. The number of unbranched alkanes of at least 4 members (excludes halogenated alkanes) is 1. The van der Waals surface area contributed by atoms with Gasteiger partial charge < -0.3 is 15.8 Å². The first kappa shape index (κ1) is 15.5. The van der Waals surface area contributed by atoms with Gasteiger partial charge in [-0.25, -0.2) is 0 Å². The van der Waals surface area contributed by atoms with Crippen LogP contribution in [0.25, 0.3) is 0 Å². The van der Waals surface area contributed by atoms with Gasteiger partial charge in [-0.05, 0) is 31.9 Å². The van der Waals surface area contributed by atoms with Gasteiger partial charge in [0.05, 0.1) is 6.61 Å². The van der Waals surface area contributed by atoms with Crippen molar-refractivity contribution in [3.05, 3.63) is 24.3 Å². The molecule has 0 spiro atoms. The Labute approximate surface area is 115 Å². The van der Waals surface area contributed by atoms with Gasteiger partial charge in [-0.2, -0.15) is 0 Å². The van der Waals surface area contributed by atoms with E-state index in [4.69, 9.17) is 10.5 Å². The summed E-state index contributed by atoms with van der Waals surface area (Å²) in [6.45, 7) is 4.73. The van der Waals surface area contributed by atoms with E-state index in [0.29, 0.717) is 19.4 Å². The normalized spacial score (nSPS) is 11.9. The molecule has 106 valence electrons. The van der Waals surface area contributed by atoms with Crippen LogP contribution in [-0.4, -0.2) is 18.6 Å². The van der Waals surface area contributed by atoms with Gasteiger partial charge >= 0.3 is 0 Å². The standard InChI is InChI=1S/C15H24N2O2/c1-3-4-10-19-14-7-5-6-13(11-14)17-15(18)9-8-12(2)16/h5-7,11-12H,3-4,8-10,16H2,1-2H3,(H,17,18). The SMILES string of the molecule is CCCCOc1cccc(NC(=O)CCC(C)N)c1. The molecule has 1 atom stereocenters. The van der Waals surface area contributed by atoms with Crippen molar-refractivity contribution in [3.8, 4) is 5.75 Å². The van der Waals surface area contributed by atoms with Crippen molar-refractivity contribution in [2.24, 2.45) is 5.73 Å². The molecule has 1 rings (SSSR count). The van der Waals surface area contributed by atoms with Crippen LogP contribution in [0.3, 0.4) is 0 Å². The zero-order chi connectivity index (χ0) is 14.1. The highest BCUT2D eigenvalue weighted by atomic mass is 16.5. The summed E-state index contributed by atoms with van der Waals surface area (Å²) < 4.78 is 5.60. The molecule has 0 saturated carbocycles. The van der Waals surface area contributed by atoms with Crippen molar-refractivity contribution >= 4 is 11.6 Å². The van der Waals surface area contributed by atoms with Crippen LogP contribution in [0.2, 0.25) is 0 Å². The zero-order valence-corrected chi connectivity index (χ0v) is 11.8. The summed E-state index contributed by atoms with van der Waals surface area (Å²) in [5.74, 6) is 0.779. The largest absolute Gasteiger partial charge is 0.494 e. The number of hydrogen-bond donors (Lipinski definition) is 2. The maximum absolute atomic E-state index is 11.7. The zero-order valence-electron chi connectivity index (χ0n) is 11.8. The minimum atomic E-state index is -0.0111. The summed E-state index contributed by atoms with van der Waals surface area (Å²) in [7, 11) is 0. The maximum Gasteiger partial charge on any atom is 0.224 e. The van der Waals surface area contributed by atoms with E-state index in [9.17, 15) is 4.79 Å². The van der Waals surface area contributed by atoms with Gasteiger partial charge in [-0.15, -0.1) is 0 Å². The van der Waals surface area contributed by atoms with E-state index >= 15 is 0 Å². The molecule has 0 aliphatic rings. The van der Waals surface area contributed by atoms with E-state index in [-0.39, 0.29) is 11.9 Å². The number of nitrogens with two attached hydrogens (primary N) is 1. The average molecular weight is 264 g/mol. The van der Waals surface area contributed by atoms with Gasteiger partial charge in [0.25, 0.3) is 0 Å². The van der Waals surface area contributed by atoms with Gasteiger partial charge in [-0.1, -0.05) is 19.4 Å². The predicted molar refractivity (Wildman–Crippen MR) is 78.4 cm³/mol. The smallest absolute Gasteiger partial charge is 0.224 e. The second-order valence-electron chi connectivity index (χ2n) is 4.79. The predicted octanol–water partition coefficient (Wildman–Crippen LogP) is 2.93. The third-order valence-electron chi connectivity index (χ3n) is 2.71. The van der Waals surface area contributed by atoms with E-state index in [2.05, 4.69) is 12.2 Å². The highest BCUT2D eigenvalue weighted by Crippen LogP contribution is 2.18. The Balaban J connectivity index is 2.45. The fraction of sp³-hybridized carbons (Fsp3) is 0.533. The van der Waals surface area contributed by atoms with Crippen molar-refractivity contribution in [1.82, 2.24) is 0 Å². The lowest BCUT2D eigenvalue weighted by Gasteiger charge is -2.09. The molecule has 1 amide bonds. The van der Waals surface area contributed by atoms with E-state index in [0.717, 1.165) is 24.3 Å². The Morgan fingerprint density at radius 1 is 1.47 bits per heavy atom. The van der Waals surface area contributed by atoms with Gasteiger partial charge in [0.15, 0.2) is 0 Å². The molecule has 0 heterocycles. The molecule has 19 heavy (non-hydrogen) atoms. The number of anilines is 1. The van der Waals surface area contributed by atoms with Crippen LogP contribution in [0.4, 0.5) is 5.69 Å². The minimum absolute atomic E-state index is 0.0111. The molecule has 0 aliphatic carbocycles. The van der Waals surface area contributed by atoms with Crippen molar-refractivity contribution in [1.29, 1.82) is 0 Å². The number of nitrogens with one attached hydrogen (secondary N) is 1. The number of carbonyl (C=O) groups excluding carboxylic acids is 1. The molecule has 0 bridgehead atoms. The summed E-state index contributed by atoms with van der Waals surface area (Å²) in [5.41, 5.74) is 6.39. The van der Waals surface area contributed by atoms with Gasteiger partial charge in [0.2, 0.25) is 5.91 Å². The van der Waals surface area contributed by atoms with Gasteiger partial charge in [-0.3, -0.25) is 4.79 Å². The van der Waals surface area contributed by atoms with E-state index in [1.165, 1.54) is 0 Å². The van der Waals surface area contributed by atoms with Crippen LogP contribution >= 0.6 is 0 Å². The first-order valence-electron chi connectivity index (χ1n) is 6.90. The summed E-state index contributed by atoms with van der Waals surface area (Å²) in [6, 6.07) is 7.53. The number of ether oxygens (including phenoxy) is 1. The summed E-state index contributed by atoms with van der Waals surface area (Å²) in [6.07, 6.45) is 3.27. The van der Waals surface area contributed by atoms with Crippen LogP contribution in [-0.2, 0) is 4.79 Å². The molecular formula is C15H24N2O2. The molecule has 3 N–H and O–H groups in total. The molecular weight excluding hydrogens is 240 g/mol. The van der Waals surface area contributed by atoms with Crippen molar-refractivity contribution < 1.29 is 9.53 Å². The van der Waals surface area contributed by atoms with Crippen LogP contribution in [0.1, 0.15) is 39.5 Å². The summed E-state index contributed by atoms with van der Waals surface area (Å²) in [4.78, 5) is 11.7. The third kappa shape index (κ3) is 6.82. The summed E-state index contributed by atoms with van der Waals surface area (Å²) >= 11 is 0. The Kier molecular flexibility index (Phi) is 6.97. The highest BCUT2D eigenvalue weighted by Gasteiger charge is 2.05. The lowest BCUT2D eigenvalue weighted by molar-refractivity contribution is -0.116. The Hall–Kier alpha value is -1.55. The number of amides is 1. The topological polar surface area (TPSA) is 64.3 Å². The van der Waals surface area contributed by atoms with Gasteiger partial charge in [0, 0.05) is 24.2 Å². The molecule has 0 aromatic heterocycles. The van der Waals surface area contributed by atoms with E-state index in [1.54, 1.807) is 0 Å². The lowest BCUT2D eigenvalue weighted by atomic mass is 10.2. The fourth-order valence-corrected chi connectivity index (χ4v) is 1.58. The Bertz CT molecular complexity index is 391. The molecule has 0 fully saturated rings. The Morgan fingerprint density at radius 2 is 2.26 bits per heavy atom. The van der Waals surface area contributed by atoms with Crippen LogP contribution in [0.15, 0.2) is 24.3 Å². The van der Waals surface area contributed by atoms with Crippen molar-refractivity contribution in [2.75, 3.05) is 11.9 Å². The van der Waals surface area contributed by atoms with Crippen LogP contribution in [0.5, 0.6) is 5.75 Å². The summed E-state index contributed by atoms with van der Waals surface area (Å²) in [5, 5.41) is 2.85. The maximum atomic E-state index is 11.7. The lowest BCUT2D eigenvalue weighted by Crippen LogP contribution is -2.19. The fourth-order valence-electron chi connectivity index (χ4n) is 1.58. The first-order chi connectivity index (χ1) is 9.11. The highest BCUT2D eigenvalue weighted by molar-refractivity contribution is 5.90. The molecule has 0 saturated heterocycles. The molecule has 1 unspecified atom stereocenters. The van der Waals surface area contributed by atoms with Crippen LogP contribution < -0.4 is 15.8 Å². The monoisotopic (exact) mass is 264 g/mol. The molecule has 4 heteroatoms. The van der Waals surface area contributed by atoms with Crippen molar-refractivity contribution in [3.63, 3.8) is 0 Å².